The van der Waals surface area contributed by atoms with Gasteiger partial charge in [-0.1, -0.05) is 43.3 Å². The van der Waals surface area contributed by atoms with Crippen LogP contribution in [0, 0.1) is 0 Å². The van der Waals surface area contributed by atoms with Crippen LogP contribution in [0.2, 0.25) is 0 Å². The molecule has 0 aliphatic rings. The van der Waals surface area contributed by atoms with E-state index in [9.17, 15) is 0 Å². The molecule has 2 rings (SSSR count). The molecular weight excluding hydrogens is 282 g/mol. The van der Waals surface area contributed by atoms with E-state index in [1.807, 2.05) is 68.7 Å². The highest BCUT2D eigenvalue weighted by molar-refractivity contribution is 5.98. The topological polar surface area (TPSA) is 28.0 Å². The molecule has 0 heterocycles. The molecule has 0 saturated carbocycles. The van der Waals surface area contributed by atoms with E-state index in [1.54, 1.807) is 0 Å². The molecule has 0 aliphatic carbocycles. The van der Waals surface area contributed by atoms with Crippen LogP contribution in [0.1, 0.15) is 20.3 Å². The van der Waals surface area contributed by atoms with Gasteiger partial charge in [0.2, 0.25) is 0 Å². The summed E-state index contributed by atoms with van der Waals surface area (Å²) < 4.78 is 0. The lowest BCUT2D eigenvalue weighted by Crippen LogP contribution is -2.23. The molecule has 0 aliphatic heterocycles. The normalized spacial score (nSPS) is 12.7. The van der Waals surface area contributed by atoms with E-state index in [2.05, 4.69) is 40.1 Å². The van der Waals surface area contributed by atoms with Crippen LogP contribution in [0.4, 0.5) is 11.4 Å². The molecule has 0 unspecified atom stereocenters. The van der Waals surface area contributed by atoms with Gasteiger partial charge in [0, 0.05) is 25.1 Å². The van der Waals surface area contributed by atoms with Crippen LogP contribution in [-0.2, 0) is 0 Å². The van der Waals surface area contributed by atoms with Crippen molar-refractivity contribution in [2.75, 3.05) is 11.9 Å². The highest BCUT2D eigenvalue weighted by Gasteiger charge is 2.07. The molecule has 0 saturated heterocycles. The van der Waals surface area contributed by atoms with Crippen molar-refractivity contribution in [3.05, 3.63) is 72.4 Å². The Hall–Kier alpha value is -2.68. The summed E-state index contributed by atoms with van der Waals surface area (Å²) in [5.41, 5.74) is 3.19. The molecule has 0 aromatic heterocycles. The Morgan fingerprint density at radius 1 is 1.00 bits per heavy atom. The van der Waals surface area contributed by atoms with E-state index in [4.69, 9.17) is 0 Å². The quantitative estimate of drug-likeness (QED) is 0.548. The second kappa shape index (κ2) is 8.69. The molecule has 0 atom stereocenters. The van der Waals surface area contributed by atoms with Gasteiger partial charge in [-0.15, -0.1) is 0 Å². The van der Waals surface area contributed by atoms with Gasteiger partial charge < -0.3 is 4.90 Å². The summed E-state index contributed by atoms with van der Waals surface area (Å²) in [4.78, 5) is 11.0. The summed E-state index contributed by atoms with van der Waals surface area (Å²) in [6.45, 7) is 4.13. The lowest BCUT2D eigenvalue weighted by Gasteiger charge is -2.21. The summed E-state index contributed by atoms with van der Waals surface area (Å²) in [5, 5.41) is 0. The van der Waals surface area contributed by atoms with Gasteiger partial charge >= 0.3 is 0 Å². The van der Waals surface area contributed by atoms with E-state index in [0.29, 0.717) is 0 Å². The van der Waals surface area contributed by atoms with Gasteiger partial charge in [0.1, 0.15) is 5.84 Å². The van der Waals surface area contributed by atoms with Crippen LogP contribution < -0.4 is 4.90 Å². The van der Waals surface area contributed by atoms with Crippen molar-refractivity contribution >= 4 is 23.4 Å². The lowest BCUT2D eigenvalue weighted by molar-refractivity contribution is 1.15. The van der Waals surface area contributed by atoms with Gasteiger partial charge in [-0.05, 0) is 43.2 Å². The fraction of sp³-hybridized carbons (Fsp3) is 0.200. The van der Waals surface area contributed by atoms with E-state index in [-0.39, 0.29) is 0 Å². The minimum absolute atomic E-state index is 0.899. The number of anilines is 1. The fourth-order valence-corrected chi connectivity index (χ4v) is 2.10. The van der Waals surface area contributed by atoms with Crippen LogP contribution in [-0.4, -0.2) is 19.1 Å². The average Bonchev–Trinajstić information content (AvgIpc) is 2.63. The molecular formula is C20H23N3. The smallest absolute Gasteiger partial charge is 0.104 e. The standard InChI is InChI=1S/C20H23N3/c1-4-18(15-22-19-11-7-5-8-12-19)16-23(17(2)21-3)20-13-9-6-10-14-20/h5-16H,4H2,1-3H3/b18-16-,21-17-,22-15+. The molecule has 3 heteroatoms. The average molecular weight is 305 g/mol. The third kappa shape index (κ3) is 4.92. The van der Waals surface area contributed by atoms with Crippen molar-refractivity contribution in [2.24, 2.45) is 9.98 Å². The molecule has 0 spiro atoms. The number of allylic oxidation sites excluding steroid dienone is 1. The second-order valence-electron chi connectivity index (χ2n) is 5.13. The molecule has 0 bridgehead atoms. The number of hydrogen-bond acceptors (Lipinski definition) is 2. The monoisotopic (exact) mass is 305 g/mol. The minimum Gasteiger partial charge on any atom is -0.306 e. The van der Waals surface area contributed by atoms with Crippen molar-refractivity contribution in [2.45, 2.75) is 20.3 Å². The lowest BCUT2D eigenvalue weighted by atomic mass is 10.2. The van der Waals surface area contributed by atoms with E-state index in [0.717, 1.165) is 29.2 Å². The van der Waals surface area contributed by atoms with E-state index in [1.165, 1.54) is 0 Å². The summed E-state index contributed by atoms with van der Waals surface area (Å²) in [7, 11) is 1.81. The number of aliphatic imine (C=N–C) groups is 2. The van der Waals surface area contributed by atoms with Crippen molar-refractivity contribution in [1.82, 2.24) is 0 Å². The minimum atomic E-state index is 0.899. The van der Waals surface area contributed by atoms with Crippen LogP contribution >= 0.6 is 0 Å². The molecule has 118 valence electrons. The first kappa shape index (κ1) is 16.7. The van der Waals surface area contributed by atoms with Gasteiger partial charge in [0.05, 0.1) is 5.69 Å². The number of nitrogens with zero attached hydrogens (tertiary/aromatic N) is 3. The first-order valence-corrected chi connectivity index (χ1v) is 7.82. The molecule has 2 aromatic carbocycles. The maximum Gasteiger partial charge on any atom is 0.104 e. The van der Waals surface area contributed by atoms with Crippen molar-refractivity contribution in [3.8, 4) is 0 Å². The number of para-hydroxylation sites is 2. The second-order valence-corrected chi connectivity index (χ2v) is 5.13. The van der Waals surface area contributed by atoms with Gasteiger partial charge in [0.25, 0.3) is 0 Å². The van der Waals surface area contributed by atoms with Crippen LogP contribution in [0.25, 0.3) is 0 Å². The van der Waals surface area contributed by atoms with Gasteiger partial charge in [0.15, 0.2) is 0 Å². The largest absolute Gasteiger partial charge is 0.306 e. The zero-order chi connectivity index (χ0) is 16.5. The molecule has 0 amide bonds. The van der Waals surface area contributed by atoms with E-state index < -0.39 is 0 Å². The Labute approximate surface area is 138 Å². The summed E-state index contributed by atoms with van der Waals surface area (Å²) in [6.07, 6.45) is 4.93. The zero-order valence-corrected chi connectivity index (χ0v) is 14.0. The summed E-state index contributed by atoms with van der Waals surface area (Å²) in [5.74, 6) is 0.940. The Morgan fingerprint density at radius 2 is 1.61 bits per heavy atom. The molecule has 23 heavy (non-hydrogen) atoms. The third-order valence-corrected chi connectivity index (χ3v) is 3.55. The molecule has 3 nitrogen and oxygen atoms in total. The zero-order valence-electron chi connectivity index (χ0n) is 14.0. The molecule has 2 aromatic rings. The van der Waals surface area contributed by atoms with Crippen molar-refractivity contribution in [3.63, 3.8) is 0 Å². The SMILES string of the molecule is CCC(=C/N(/C(C)=N\C)c1ccccc1)/C=N/c1ccccc1. The first-order chi connectivity index (χ1) is 11.2. The van der Waals surface area contributed by atoms with Crippen molar-refractivity contribution in [1.29, 1.82) is 0 Å². The van der Waals surface area contributed by atoms with Gasteiger partial charge in [-0.2, -0.15) is 0 Å². The van der Waals surface area contributed by atoms with Crippen LogP contribution in [0.5, 0.6) is 0 Å². The van der Waals surface area contributed by atoms with Crippen LogP contribution in [0.15, 0.2) is 82.4 Å². The summed E-state index contributed by atoms with van der Waals surface area (Å²) >= 11 is 0. The van der Waals surface area contributed by atoms with Gasteiger partial charge in [-0.25, -0.2) is 0 Å². The molecule has 0 fully saturated rings. The Bertz CT molecular complexity index is 685. The molecule has 0 radical (unpaired) electrons. The molecule has 0 N–H and O–H groups in total. The highest BCUT2D eigenvalue weighted by Crippen LogP contribution is 2.17. The predicted molar refractivity (Wildman–Crippen MR) is 101 cm³/mol. The Kier molecular flexibility index (Phi) is 6.30. The van der Waals surface area contributed by atoms with Crippen LogP contribution in [0.3, 0.4) is 0 Å². The number of rotatable bonds is 5. The maximum atomic E-state index is 4.55. The third-order valence-electron chi connectivity index (χ3n) is 3.55. The Morgan fingerprint density at radius 3 is 2.17 bits per heavy atom. The predicted octanol–water partition coefficient (Wildman–Crippen LogP) is 5.24. The number of benzene rings is 2. The number of hydrogen-bond donors (Lipinski definition) is 0. The highest BCUT2D eigenvalue weighted by atomic mass is 15.2. The fourth-order valence-electron chi connectivity index (χ4n) is 2.10. The maximum absolute atomic E-state index is 4.55. The summed E-state index contributed by atoms with van der Waals surface area (Å²) in [6, 6.07) is 20.2. The first-order valence-electron chi connectivity index (χ1n) is 7.82. The number of amidine groups is 1. The van der Waals surface area contributed by atoms with E-state index >= 15 is 0 Å². The van der Waals surface area contributed by atoms with Crippen molar-refractivity contribution < 1.29 is 0 Å². The van der Waals surface area contributed by atoms with Gasteiger partial charge in [-0.3, -0.25) is 9.98 Å². The Balaban J connectivity index is 2.30.